The maximum atomic E-state index is 5.78. The zero-order valence-electron chi connectivity index (χ0n) is 9.09. The van der Waals surface area contributed by atoms with Crippen LogP contribution >= 0.6 is 0 Å². The molecule has 0 spiro atoms. The van der Waals surface area contributed by atoms with Gasteiger partial charge in [0.25, 0.3) is 0 Å². The van der Waals surface area contributed by atoms with Gasteiger partial charge in [0.05, 0.1) is 5.69 Å². The van der Waals surface area contributed by atoms with Gasteiger partial charge in [0.15, 0.2) is 0 Å². The number of imidazole rings is 1. The predicted molar refractivity (Wildman–Crippen MR) is 60.3 cm³/mol. The van der Waals surface area contributed by atoms with Crippen LogP contribution in [0.5, 0.6) is 0 Å². The third-order valence-corrected chi connectivity index (χ3v) is 2.67. The summed E-state index contributed by atoms with van der Waals surface area (Å²) in [5.74, 6) is 2.70. The van der Waals surface area contributed by atoms with Crippen molar-refractivity contribution < 1.29 is 0 Å². The monoisotopic (exact) mass is 215 g/mol. The van der Waals surface area contributed by atoms with Gasteiger partial charge in [-0.1, -0.05) is 0 Å². The average molecular weight is 215 g/mol. The largest absolute Gasteiger partial charge is 0.384 e. The molecule has 0 aliphatic heterocycles. The molecule has 0 radical (unpaired) electrons. The number of nitrogen functional groups attached to an aromatic ring is 1. The molecule has 2 N–H and O–H groups in total. The number of nitrogens with zero attached hydrogens (tertiary/aromatic N) is 4. The molecule has 82 valence electrons. The predicted octanol–water partition coefficient (Wildman–Crippen LogP) is 1.43. The van der Waals surface area contributed by atoms with Crippen LogP contribution in [0.25, 0.3) is 5.82 Å². The van der Waals surface area contributed by atoms with E-state index in [4.69, 9.17) is 5.73 Å². The lowest BCUT2D eigenvalue weighted by atomic mass is 10.4. The third-order valence-electron chi connectivity index (χ3n) is 2.67. The van der Waals surface area contributed by atoms with E-state index < -0.39 is 0 Å². The Labute approximate surface area is 93.4 Å². The van der Waals surface area contributed by atoms with Crippen LogP contribution in [0.15, 0.2) is 18.6 Å². The van der Waals surface area contributed by atoms with E-state index in [1.54, 1.807) is 12.4 Å². The van der Waals surface area contributed by atoms with Crippen molar-refractivity contribution in [3.05, 3.63) is 30.1 Å². The normalized spacial score (nSPS) is 15.3. The van der Waals surface area contributed by atoms with Crippen LogP contribution in [0.4, 0.5) is 5.82 Å². The Morgan fingerprint density at radius 3 is 2.81 bits per heavy atom. The SMILES string of the molecule is Cc1cn(-c2cc(N)nc(C3CC3)n2)cn1. The summed E-state index contributed by atoms with van der Waals surface area (Å²) in [6.45, 7) is 1.95. The molecule has 0 amide bonds. The van der Waals surface area contributed by atoms with Crippen LogP contribution in [0.3, 0.4) is 0 Å². The van der Waals surface area contributed by atoms with Gasteiger partial charge in [0.2, 0.25) is 0 Å². The molecule has 0 bridgehead atoms. The molecule has 16 heavy (non-hydrogen) atoms. The Morgan fingerprint density at radius 2 is 2.19 bits per heavy atom. The van der Waals surface area contributed by atoms with E-state index in [-0.39, 0.29) is 0 Å². The highest BCUT2D eigenvalue weighted by Crippen LogP contribution is 2.38. The number of rotatable bonds is 2. The Balaban J connectivity index is 2.06. The van der Waals surface area contributed by atoms with Crippen molar-refractivity contribution in [1.82, 2.24) is 19.5 Å². The summed E-state index contributed by atoms with van der Waals surface area (Å²) in [6.07, 6.45) is 6.02. The summed E-state index contributed by atoms with van der Waals surface area (Å²) in [5.41, 5.74) is 6.75. The van der Waals surface area contributed by atoms with E-state index in [2.05, 4.69) is 15.0 Å². The first-order valence-electron chi connectivity index (χ1n) is 5.38. The lowest BCUT2D eigenvalue weighted by Gasteiger charge is -2.04. The molecule has 5 nitrogen and oxygen atoms in total. The first-order chi connectivity index (χ1) is 7.72. The molecule has 1 aliphatic rings. The van der Waals surface area contributed by atoms with Crippen LogP contribution in [0, 0.1) is 6.92 Å². The molecule has 2 heterocycles. The van der Waals surface area contributed by atoms with Crippen molar-refractivity contribution in [2.45, 2.75) is 25.7 Å². The van der Waals surface area contributed by atoms with Gasteiger partial charge < -0.3 is 5.73 Å². The summed E-state index contributed by atoms with van der Waals surface area (Å²) in [5, 5.41) is 0. The zero-order valence-corrected chi connectivity index (χ0v) is 9.09. The van der Waals surface area contributed by atoms with Crippen molar-refractivity contribution in [2.24, 2.45) is 0 Å². The first-order valence-corrected chi connectivity index (χ1v) is 5.38. The number of nitrogens with two attached hydrogens (primary N) is 1. The minimum atomic E-state index is 0.506. The van der Waals surface area contributed by atoms with Crippen LogP contribution in [-0.2, 0) is 0 Å². The quantitative estimate of drug-likeness (QED) is 0.822. The van der Waals surface area contributed by atoms with Gasteiger partial charge in [-0.2, -0.15) is 0 Å². The molecule has 0 aromatic carbocycles. The standard InChI is InChI=1S/C11H13N5/c1-7-5-16(6-13-7)10-4-9(12)14-11(15-10)8-2-3-8/h4-6,8H,2-3H2,1H3,(H2,12,14,15). The summed E-state index contributed by atoms with van der Waals surface area (Å²) in [6, 6.07) is 1.77. The Kier molecular flexibility index (Phi) is 1.92. The highest BCUT2D eigenvalue weighted by atomic mass is 15.1. The van der Waals surface area contributed by atoms with Crippen LogP contribution in [0.1, 0.15) is 30.3 Å². The smallest absolute Gasteiger partial charge is 0.143 e. The second-order valence-corrected chi connectivity index (χ2v) is 4.21. The topological polar surface area (TPSA) is 69.6 Å². The van der Waals surface area contributed by atoms with Gasteiger partial charge >= 0.3 is 0 Å². The Hall–Kier alpha value is -1.91. The molecule has 1 saturated carbocycles. The average Bonchev–Trinajstić information content (AvgIpc) is 3.01. The second-order valence-electron chi connectivity index (χ2n) is 4.21. The van der Waals surface area contributed by atoms with Crippen molar-refractivity contribution >= 4 is 5.82 Å². The van der Waals surface area contributed by atoms with Crippen LogP contribution < -0.4 is 5.73 Å². The van der Waals surface area contributed by atoms with Crippen LogP contribution in [0.2, 0.25) is 0 Å². The van der Waals surface area contributed by atoms with Crippen molar-refractivity contribution in [2.75, 3.05) is 5.73 Å². The van der Waals surface area contributed by atoms with Gasteiger partial charge in [0.1, 0.15) is 23.8 Å². The lowest BCUT2D eigenvalue weighted by Crippen LogP contribution is -2.03. The fourth-order valence-corrected chi connectivity index (χ4v) is 1.67. The van der Waals surface area contributed by atoms with Gasteiger partial charge in [-0.05, 0) is 19.8 Å². The van der Waals surface area contributed by atoms with Crippen molar-refractivity contribution in [1.29, 1.82) is 0 Å². The van der Waals surface area contributed by atoms with Crippen molar-refractivity contribution in [3.63, 3.8) is 0 Å². The molecule has 0 unspecified atom stereocenters. The maximum Gasteiger partial charge on any atom is 0.143 e. The van der Waals surface area contributed by atoms with Gasteiger partial charge in [-0.3, -0.25) is 4.57 Å². The molecule has 5 heteroatoms. The highest BCUT2D eigenvalue weighted by Gasteiger charge is 2.27. The Bertz CT molecular complexity index is 527. The summed E-state index contributed by atoms with van der Waals surface area (Å²) in [7, 11) is 0. The molecule has 2 aromatic rings. The van der Waals surface area contributed by atoms with E-state index in [0.717, 1.165) is 17.3 Å². The summed E-state index contributed by atoms with van der Waals surface area (Å²) < 4.78 is 1.87. The minimum Gasteiger partial charge on any atom is -0.384 e. The lowest BCUT2D eigenvalue weighted by molar-refractivity contribution is 0.883. The number of anilines is 1. The minimum absolute atomic E-state index is 0.506. The van der Waals surface area contributed by atoms with Crippen LogP contribution in [-0.4, -0.2) is 19.5 Å². The number of hydrogen-bond acceptors (Lipinski definition) is 4. The molecule has 2 aromatic heterocycles. The first kappa shape index (κ1) is 9.33. The maximum absolute atomic E-state index is 5.78. The Morgan fingerprint density at radius 1 is 1.38 bits per heavy atom. The van der Waals surface area contributed by atoms with E-state index in [1.807, 2.05) is 17.7 Å². The van der Waals surface area contributed by atoms with Gasteiger partial charge in [0, 0.05) is 18.2 Å². The molecule has 0 atom stereocenters. The van der Waals surface area contributed by atoms with E-state index >= 15 is 0 Å². The number of hydrogen-bond donors (Lipinski definition) is 1. The van der Waals surface area contributed by atoms with E-state index in [1.165, 1.54) is 12.8 Å². The third kappa shape index (κ3) is 1.64. The summed E-state index contributed by atoms with van der Waals surface area (Å²) >= 11 is 0. The van der Waals surface area contributed by atoms with Gasteiger partial charge in [-0.15, -0.1) is 0 Å². The molecule has 1 fully saturated rings. The van der Waals surface area contributed by atoms with Gasteiger partial charge in [-0.25, -0.2) is 15.0 Å². The number of aryl methyl sites for hydroxylation is 1. The summed E-state index contributed by atoms with van der Waals surface area (Å²) in [4.78, 5) is 12.9. The van der Waals surface area contributed by atoms with E-state index in [0.29, 0.717) is 11.7 Å². The van der Waals surface area contributed by atoms with E-state index in [9.17, 15) is 0 Å². The number of aromatic nitrogens is 4. The molecular weight excluding hydrogens is 202 g/mol. The molecule has 0 saturated heterocycles. The molecule has 1 aliphatic carbocycles. The fraction of sp³-hybridized carbons (Fsp3) is 0.364. The zero-order chi connectivity index (χ0) is 11.1. The fourth-order valence-electron chi connectivity index (χ4n) is 1.67. The molecular formula is C11H13N5. The van der Waals surface area contributed by atoms with Crippen molar-refractivity contribution in [3.8, 4) is 5.82 Å². The highest BCUT2D eigenvalue weighted by molar-refractivity contribution is 5.38. The molecule has 3 rings (SSSR count). The second kappa shape index (κ2) is 3.30.